The van der Waals surface area contributed by atoms with Crippen molar-refractivity contribution in [2.45, 2.75) is 13.0 Å². The van der Waals surface area contributed by atoms with Crippen LogP contribution in [-0.2, 0) is 4.79 Å². The van der Waals surface area contributed by atoms with Gasteiger partial charge in [0.25, 0.3) is 5.91 Å². The number of hydrogen-bond acceptors (Lipinski definition) is 3. The fourth-order valence-electron chi connectivity index (χ4n) is 2.59. The highest BCUT2D eigenvalue weighted by Gasteiger charge is 2.14. The molecule has 0 saturated carbocycles. The molecule has 0 bridgehead atoms. The number of nitrogens with zero attached hydrogens (tertiary/aromatic N) is 1. The molecule has 1 N–H and O–H groups in total. The molecule has 4 nitrogen and oxygen atoms in total. The molecular weight excluding hydrogens is 404 g/mol. The quantitative estimate of drug-likeness (QED) is 0.438. The van der Waals surface area contributed by atoms with Crippen LogP contribution in [-0.4, -0.2) is 5.91 Å². The number of amides is 1. The number of nitriles is 1. The molecule has 0 spiro atoms. The van der Waals surface area contributed by atoms with Gasteiger partial charge in [-0.2, -0.15) is 5.26 Å². The monoisotopic (exact) mass is 420 g/mol. The number of carbonyl (C=O) groups excluding carboxylic acids is 1. The van der Waals surface area contributed by atoms with Crippen molar-refractivity contribution in [2.75, 3.05) is 0 Å². The lowest BCUT2D eigenvalue weighted by molar-refractivity contribution is -0.117. The van der Waals surface area contributed by atoms with E-state index in [9.17, 15) is 10.1 Å². The molecule has 3 rings (SSSR count). The van der Waals surface area contributed by atoms with Crippen LogP contribution in [0.15, 0.2) is 81.2 Å². The van der Waals surface area contributed by atoms with E-state index in [0.717, 1.165) is 15.6 Å². The number of rotatable bonds is 5. The van der Waals surface area contributed by atoms with Gasteiger partial charge in [-0.1, -0.05) is 58.4 Å². The Labute approximate surface area is 166 Å². The maximum Gasteiger partial charge on any atom is 0.262 e. The van der Waals surface area contributed by atoms with Crippen LogP contribution in [0.4, 0.5) is 0 Å². The lowest BCUT2D eigenvalue weighted by atomic mass is 10.1. The van der Waals surface area contributed by atoms with E-state index in [4.69, 9.17) is 4.42 Å². The van der Waals surface area contributed by atoms with Crippen LogP contribution < -0.4 is 5.32 Å². The third-order valence-corrected chi connectivity index (χ3v) is 4.58. The standard InChI is InChI=1S/C22H17BrN2O2/c1-15(16-5-3-2-4-6-16)25-22(26)18(14-24)13-20-11-12-21(27-20)17-7-9-19(23)10-8-17/h2-13,15H,1H3,(H,25,26)/b18-13+/t15-/m0/s1. The Kier molecular flexibility index (Phi) is 5.90. The van der Waals surface area contributed by atoms with Crippen LogP contribution in [0.2, 0.25) is 0 Å². The highest BCUT2D eigenvalue weighted by atomic mass is 79.9. The van der Waals surface area contributed by atoms with E-state index in [1.165, 1.54) is 6.08 Å². The molecule has 0 aliphatic heterocycles. The Morgan fingerprint density at radius 1 is 1.11 bits per heavy atom. The minimum Gasteiger partial charge on any atom is -0.457 e. The van der Waals surface area contributed by atoms with Crippen LogP contribution in [0, 0.1) is 11.3 Å². The van der Waals surface area contributed by atoms with Crippen molar-refractivity contribution in [1.82, 2.24) is 5.32 Å². The van der Waals surface area contributed by atoms with Gasteiger partial charge in [0.2, 0.25) is 0 Å². The minimum absolute atomic E-state index is 0.00510. The molecule has 3 aromatic rings. The lowest BCUT2D eigenvalue weighted by Gasteiger charge is -2.13. The van der Waals surface area contributed by atoms with E-state index < -0.39 is 5.91 Å². The third-order valence-electron chi connectivity index (χ3n) is 4.05. The summed E-state index contributed by atoms with van der Waals surface area (Å²) < 4.78 is 6.74. The highest BCUT2D eigenvalue weighted by Crippen LogP contribution is 2.25. The number of carbonyl (C=O) groups is 1. The molecular formula is C22H17BrN2O2. The summed E-state index contributed by atoms with van der Waals surface area (Å²) in [5.74, 6) is 0.687. The maximum absolute atomic E-state index is 12.4. The van der Waals surface area contributed by atoms with Crippen molar-refractivity contribution >= 4 is 27.9 Å². The molecule has 1 heterocycles. The van der Waals surface area contributed by atoms with E-state index in [1.807, 2.05) is 73.7 Å². The summed E-state index contributed by atoms with van der Waals surface area (Å²) in [6.45, 7) is 1.88. The first-order chi connectivity index (χ1) is 13.1. The molecule has 134 valence electrons. The molecule has 0 unspecified atom stereocenters. The number of furan rings is 1. The van der Waals surface area contributed by atoms with Crippen molar-refractivity contribution in [3.8, 4) is 17.4 Å². The van der Waals surface area contributed by atoms with E-state index in [2.05, 4.69) is 21.2 Å². The Morgan fingerprint density at radius 2 is 1.81 bits per heavy atom. The van der Waals surface area contributed by atoms with E-state index in [1.54, 1.807) is 6.07 Å². The molecule has 0 saturated heterocycles. The Bertz CT molecular complexity index is 999. The van der Waals surface area contributed by atoms with Crippen LogP contribution in [0.3, 0.4) is 0 Å². The maximum atomic E-state index is 12.4. The normalized spacial score (nSPS) is 12.3. The average Bonchev–Trinajstić information content (AvgIpc) is 3.16. The average molecular weight is 421 g/mol. The summed E-state index contributed by atoms with van der Waals surface area (Å²) in [5, 5.41) is 12.2. The van der Waals surface area contributed by atoms with Gasteiger partial charge in [0.1, 0.15) is 23.2 Å². The third kappa shape index (κ3) is 4.75. The summed E-state index contributed by atoms with van der Waals surface area (Å²) in [4.78, 5) is 12.4. The Morgan fingerprint density at radius 3 is 2.48 bits per heavy atom. The summed E-state index contributed by atoms with van der Waals surface area (Å²) >= 11 is 3.40. The predicted molar refractivity (Wildman–Crippen MR) is 108 cm³/mol. The van der Waals surface area contributed by atoms with Crippen molar-refractivity contribution in [3.05, 3.63) is 88.1 Å². The van der Waals surface area contributed by atoms with Crippen molar-refractivity contribution in [3.63, 3.8) is 0 Å². The van der Waals surface area contributed by atoms with Gasteiger partial charge in [-0.3, -0.25) is 4.79 Å². The van der Waals surface area contributed by atoms with Gasteiger partial charge in [0.05, 0.1) is 6.04 Å². The van der Waals surface area contributed by atoms with Crippen molar-refractivity contribution < 1.29 is 9.21 Å². The zero-order valence-corrected chi connectivity index (χ0v) is 16.2. The summed E-state index contributed by atoms with van der Waals surface area (Å²) in [6, 6.07) is 22.6. The number of benzene rings is 2. The molecule has 0 radical (unpaired) electrons. The molecule has 27 heavy (non-hydrogen) atoms. The van der Waals surface area contributed by atoms with Crippen molar-refractivity contribution in [1.29, 1.82) is 5.26 Å². The zero-order valence-electron chi connectivity index (χ0n) is 14.6. The molecule has 2 aromatic carbocycles. The first-order valence-electron chi connectivity index (χ1n) is 8.40. The van der Waals surface area contributed by atoms with Gasteiger partial charge >= 0.3 is 0 Å². The topological polar surface area (TPSA) is 66.0 Å². The second kappa shape index (κ2) is 8.52. The highest BCUT2D eigenvalue weighted by molar-refractivity contribution is 9.10. The number of hydrogen-bond donors (Lipinski definition) is 1. The van der Waals surface area contributed by atoms with Crippen molar-refractivity contribution in [2.24, 2.45) is 0 Å². The SMILES string of the molecule is C[C@H](NC(=O)/C(C#N)=C/c1ccc(-c2ccc(Br)cc2)o1)c1ccccc1. The van der Waals surface area contributed by atoms with E-state index in [0.29, 0.717) is 11.5 Å². The summed E-state index contributed by atoms with van der Waals surface area (Å²) in [7, 11) is 0. The van der Waals surface area contributed by atoms with Crippen LogP contribution >= 0.6 is 15.9 Å². The van der Waals surface area contributed by atoms with Gasteiger partial charge in [-0.25, -0.2) is 0 Å². The second-order valence-corrected chi connectivity index (χ2v) is 6.90. The Balaban J connectivity index is 1.75. The van der Waals surface area contributed by atoms with Crippen LogP contribution in [0.25, 0.3) is 17.4 Å². The minimum atomic E-state index is -0.435. The molecule has 0 fully saturated rings. The number of halogens is 1. The molecule has 1 atom stereocenters. The Hall–Kier alpha value is -3.10. The van der Waals surface area contributed by atoms with Crippen LogP contribution in [0.1, 0.15) is 24.3 Å². The summed E-state index contributed by atoms with van der Waals surface area (Å²) in [5.41, 5.74) is 1.88. The smallest absolute Gasteiger partial charge is 0.262 e. The lowest BCUT2D eigenvalue weighted by Crippen LogP contribution is -2.27. The van der Waals surface area contributed by atoms with Gasteiger partial charge in [-0.05, 0) is 36.8 Å². The van der Waals surface area contributed by atoms with Crippen LogP contribution in [0.5, 0.6) is 0 Å². The molecule has 1 amide bonds. The molecule has 0 aliphatic carbocycles. The molecule has 5 heteroatoms. The zero-order chi connectivity index (χ0) is 19.2. The molecule has 1 aromatic heterocycles. The summed E-state index contributed by atoms with van der Waals surface area (Å²) in [6.07, 6.45) is 1.45. The predicted octanol–water partition coefficient (Wildman–Crippen LogP) is 5.49. The largest absolute Gasteiger partial charge is 0.457 e. The van der Waals surface area contributed by atoms with Gasteiger partial charge in [0, 0.05) is 16.1 Å². The fraction of sp³-hybridized carbons (Fsp3) is 0.0909. The van der Waals surface area contributed by atoms with Gasteiger partial charge in [0.15, 0.2) is 0 Å². The van der Waals surface area contributed by atoms with Gasteiger partial charge in [-0.15, -0.1) is 0 Å². The first kappa shape index (κ1) is 18.7. The second-order valence-electron chi connectivity index (χ2n) is 5.98. The first-order valence-corrected chi connectivity index (χ1v) is 9.19. The van der Waals surface area contributed by atoms with E-state index >= 15 is 0 Å². The molecule has 0 aliphatic rings. The number of nitrogens with one attached hydrogen (secondary N) is 1. The van der Waals surface area contributed by atoms with E-state index in [-0.39, 0.29) is 11.6 Å². The van der Waals surface area contributed by atoms with Gasteiger partial charge < -0.3 is 9.73 Å². The fourth-order valence-corrected chi connectivity index (χ4v) is 2.85.